The number of carbonyl (C=O) groups is 1. The summed E-state index contributed by atoms with van der Waals surface area (Å²) in [6, 6.07) is 10.3. The standard InChI is InChI=1S/C13H9ClN6O/c14-12-11(2-1-7-15-12)13(21)17-9-3-5-10(6-4-9)20-8-16-18-19-20/h1-8H,(H,17,21). The van der Waals surface area contributed by atoms with E-state index in [0.29, 0.717) is 11.3 Å². The van der Waals surface area contributed by atoms with E-state index in [2.05, 4.69) is 25.8 Å². The first-order chi connectivity index (χ1) is 10.2. The van der Waals surface area contributed by atoms with Gasteiger partial charge in [0.1, 0.15) is 11.5 Å². The summed E-state index contributed by atoms with van der Waals surface area (Å²) in [4.78, 5) is 15.9. The van der Waals surface area contributed by atoms with Gasteiger partial charge in [-0.15, -0.1) is 5.10 Å². The lowest BCUT2D eigenvalue weighted by Crippen LogP contribution is -2.12. The number of nitrogens with zero attached hydrogens (tertiary/aromatic N) is 5. The Balaban J connectivity index is 1.77. The minimum Gasteiger partial charge on any atom is -0.322 e. The highest BCUT2D eigenvalue weighted by molar-refractivity contribution is 6.33. The van der Waals surface area contributed by atoms with Crippen LogP contribution in [0.1, 0.15) is 10.4 Å². The fourth-order valence-electron chi connectivity index (χ4n) is 1.73. The van der Waals surface area contributed by atoms with Gasteiger partial charge in [0.15, 0.2) is 0 Å². The summed E-state index contributed by atoms with van der Waals surface area (Å²) in [6.45, 7) is 0. The van der Waals surface area contributed by atoms with Crippen molar-refractivity contribution in [3.05, 3.63) is 59.6 Å². The van der Waals surface area contributed by atoms with Gasteiger partial charge < -0.3 is 5.32 Å². The molecule has 7 nitrogen and oxygen atoms in total. The molecule has 0 saturated carbocycles. The smallest absolute Gasteiger partial charge is 0.258 e. The molecule has 3 aromatic rings. The first-order valence-corrected chi connectivity index (χ1v) is 6.37. The van der Waals surface area contributed by atoms with Gasteiger partial charge in [-0.25, -0.2) is 9.67 Å². The van der Waals surface area contributed by atoms with Gasteiger partial charge in [0.2, 0.25) is 0 Å². The molecular weight excluding hydrogens is 292 g/mol. The fraction of sp³-hybridized carbons (Fsp3) is 0. The van der Waals surface area contributed by atoms with Crippen LogP contribution in [-0.4, -0.2) is 31.1 Å². The number of tetrazole rings is 1. The lowest BCUT2D eigenvalue weighted by Gasteiger charge is -2.07. The van der Waals surface area contributed by atoms with E-state index in [0.717, 1.165) is 5.69 Å². The number of benzene rings is 1. The van der Waals surface area contributed by atoms with Gasteiger partial charge in [-0.1, -0.05) is 11.6 Å². The van der Waals surface area contributed by atoms with Gasteiger partial charge in [-0.2, -0.15) is 0 Å². The summed E-state index contributed by atoms with van der Waals surface area (Å²) >= 11 is 5.88. The second-order valence-electron chi connectivity index (χ2n) is 4.10. The van der Waals surface area contributed by atoms with Crippen LogP contribution in [0.15, 0.2) is 48.9 Å². The van der Waals surface area contributed by atoms with Gasteiger partial charge in [0, 0.05) is 11.9 Å². The summed E-state index contributed by atoms with van der Waals surface area (Å²) in [7, 11) is 0. The van der Waals surface area contributed by atoms with Crippen LogP contribution in [0.3, 0.4) is 0 Å². The molecule has 0 spiro atoms. The molecule has 2 aromatic heterocycles. The highest BCUT2D eigenvalue weighted by Crippen LogP contribution is 2.16. The van der Waals surface area contributed by atoms with Gasteiger partial charge in [0.05, 0.1) is 11.3 Å². The zero-order chi connectivity index (χ0) is 14.7. The van der Waals surface area contributed by atoms with Crippen molar-refractivity contribution in [1.29, 1.82) is 0 Å². The van der Waals surface area contributed by atoms with E-state index in [9.17, 15) is 4.79 Å². The largest absolute Gasteiger partial charge is 0.322 e. The van der Waals surface area contributed by atoms with Crippen molar-refractivity contribution in [3.8, 4) is 5.69 Å². The van der Waals surface area contributed by atoms with Crippen LogP contribution in [0.25, 0.3) is 5.69 Å². The average molecular weight is 301 g/mol. The normalized spacial score (nSPS) is 10.3. The molecule has 2 heterocycles. The molecule has 0 bridgehead atoms. The number of pyridine rings is 1. The number of hydrogen-bond donors (Lipinski definition) is 1. The molecule has 1 amide bonds. The van der Waals surface area contributed by atoms with E-state index < -0.39 is 0 Å². The number of halogens is 1. The Hall–Kier alpha value is -2.80. The highest BCUT2D eigenvalue weighted by atomic mass is 35.5. The quantitative estimate of drug-likeness (QED) is 0.747. The zero-order valence-corrected chi connectivity index (χ0v) is 11.4. The molecule has 0 aliphatic rings. The van der Waals surface area contributed by atoms with Crippen LogP contribution in [0.5, 0.6) is 0 Å². The van der Waals surface area contributed by atoms with Gasteiger partial charge >= 0.3 is 0 Å². The number of aromatic nitrogens is 5. The first-order valence-electron chi connectivity index (χ1n) is 5.99. The van der Waals surface area contributed by atoms with E-state index >= 15 is 0 Å². The maximum absolute atomic E-state index is 12.1. The summed E-state index contributed by atoms with van der Waals surface area (Å²) < 4.78 is 1.52. The minimum absolute atomic E-state index is 0.167. The topological polar surface area (TPSA) is 85.6 Å². The Morgan fingerprint density at radius 2 is 2.00 bits per heavy atom. The second kappa shape index (κ2) is 5.68. The molecular formula is C13H9ClN6O. The Morgan fingerprint density at radius 1 is 1.19 bits per heavy atom. The third-order valence-corrected chi connectivity index (χ3v) is 3.04. The second-order valence-corrected chi connectivity index (χ2v) is 4.46. The molecule has 1 aromatic carbocycles. The molecule has 0 unspecified atom stereocenters. The van der Waals surface area contributed by atoms with Crippen molar-refractivity contribution >= 4 is 23.2 Å². The number of amides is 1. The third-order valence-electron chi connectivity index (χ3n) is 2.74. The molecule has 3 rings (SSSR count). The molecule has 0 radical (unpaired) electrons. The first kappa shape index (κ1) is 13.2. The Labute approximate surface area is 124 Å². The van der Waals surface area contributed by atoms with Crippen LogP contribution in [0.2, 0.25) is 5.15 Å². The number of hydrogen-bond acceptors (Lipinski definition) is 5. The predicted molar refractivity (Wildman–Crippen MR) is 76.4 cm³/mol. The third kappa shape index (κ3) is 2.87. The van der Waals surface area contributed by atoms with Crippen molar-refractivity contribution in [1.82, 2.24) is 25.2 Å². The summed E-state index contributed by atoms with van der Waals surface area (Å²) in [5, 5.41) is 13.8. The van der Waals surface area contributed by atoms with E-state index in [1.807, 2.05) is 0 Å². The van der Waals surface area contributed by atoms with Crippen LogP contribution in [0.4, 0.5) is 5.69 Å². The zero-order valence-electron chi connectivity index (χ0n) is 10.6. The molecule has 21 heavy (non-hydrogen) atoms. The number of carbonyl (C=O) groups excluding carboxylic acids is 1. The molecule has 0 fully saturated rings. The monoisotopic (exact) mass is 300 g/mol. The van der Waals surface area contributed by atoms with E-state index in [1.165, 1.54) is 17.2 Å². The van der Waals surface area contributed by atoms with Crippen molar-refractivity contribution in [2.24, 2.45) is 0 Å². The summed E-state index contributed by atoms with van der Waals surface area (Å²) in [6.07, 6.45) is 3.02. The van der Waals surface area contributed by atoms with Gasteiger partial charge in [-0.3, -0.25) is 4.79 Å². The molecule has 8 heteroatoms. The highest BCUT2D eigenvalue weighted by Gasteiger charge is 2.10. The minimum atomic E-state index is -0.316. The van der Waals surface area contributed by atoms with Crippen molar-refractivity contribution in [2.45, 2.75) is 0 Å². The maximum Gasteiger partial charge on any atom is 0.258 e. The molecule has 104 valence electrons. The number of anilines is 1. The van der Waals surface area contributed by atoms with Crippen molar-refractivity contribution in [2.75, 3.05) is 5.32 Å². The average Bonchev–Trinajstić information content (AvgIpc) is 3.02. The van der Waals surface area contributed by atoms with Gasteiger partial charge in [0.25, 0.3) is 5.91 Å². The Bertz CT molecular complexity index is 757. The Kier molecular flexibility index (Phi) is 3.57. The SMILES string of the molecule is O=C(Nc1ccc(-n2cnnn2)cc1)c1cccnc1Cl. The number of nitrogens with one attached hydrogen (secondary N) is 1. The number of rotatable bonds is 3. The summed E-state index contributed by atoms with van der Waals surface area (Å²) in [5.41, 5.74) is 1.75. The summed E-state index contributed by atoms with van der Waals surface area (Å²) in [5.74, 6) is -0.316. The predicted octanol–water partition coefficient (Wildman–Crippen LogP) is 1.96. The Morgan fingerprint density at radius 3 is 2.67 bits per heavy atom. The van der Waals surface area contributed by atoms with E-state index in [-0.39, 0.29) is 11.1 Å². The lowest BCUT2D eigenvalue weighted by atomic mass is 10.2. The van der Waals surface area contributed by atoms with Crippen LogP contribution in [-0.2, 0) is 0 Å². The lowest BCUT2D eigenvalue weighted by molar-refractivity contribution is 0.102. The van der Waals surface area contributed by atoms with Gasteiger partial charge in [-0.05, 0) is 46.8 Å². The molecule has 0 atom stereocenters. The molecule has 1 N–H and O–H groups in total. The van der Waals surface area contributed by atoms with E-state index in [1.54, 1.807) is 36.4 Å². The molecule has 0 saturated heterocycles. The van der Waals surface area contributed by atoms with Crippen LogP contribution in [0, 0.1) is 0 Å². The van der Waals surface area contributed by atoms with Crippen molar-refractivity contribution in [3.63, 3.8) is 0 Å². The van der Waals surface area contributed by atoms with Crippen LogP contribution < -0.4 is 5.32 Å². The molecule has 0 aliphatic carbocycles. The van der Waals surface area contributed by atoms with Crippen LogP contribution >= 0.6 is 11.6 Å². The van der Waals surface area contributed by atoms with E-state index in [4.69, 9.17) is 11.6 Å². The van der Waals surface area contributed by atoms with Crippen molar-refractivity contribution < 1.29 is 4.79 Å². The molecule has 0 aliphatic heterocycles. The fourth-order valence-corrected chi connectivity index (χ4v) is 1.94. The maximum atomic E-state index is 12.1.